The van der Waals surface area contributed by atoms with Gasteiger partial charge in [-0.25, -0.2) is 0 Å². The molecule has 1 spiro atoms. The highest BCUT2D eigenvalue weighted by molar-refractivity contribution is 7.85. The highest BCUT2D eigenvalue weighted by atomic mass is 35.5. The number of methoxy groups -OCH3 is 3. The molecule has 7 rings (SSSR count). The summed E-state index contributed by atoms with van der Waals surface area (Å²) in [7, 11) is 7.05. The van der Waals surface area contributed by atoms with Crippen molar-refractivity contribution >= 4 is 56.6 Å². The Morgan fingerprint density at radius 1 is 0.807 bits per heavy atom. The van der Waals surface area contributed by atoms with E-state index in [1.165, 1.54) is 32.5 Å². The van der Waals surface area contributed by atoms with Crippen LogP contribution in [-0.4, -0.2) is 92.3 Å². The molecule has 2 aliphatic heterocycles. The third kappa shape index (κ3) is 7.49. The van der Waals surface area contributed by atoms with Crippen LogP contribution in [0.5, 0.6) is 17.2 Å². The fraction of sp³-hybridized carbons (Fsp3) is 0.333. The number of nitrogens with zero attached hydrogens (tertiary/aromatic N) is 3. The zero-order chi connectivity index (χ0) is 40.5. The molecule has 2 aliphatic rings. The van der Waals surface area contributed by atoms with Gasteiger partial charge >= 0.3 is 0 Å². The van der Waals surface area contributed by atoms with Gasteiger partial charge in [-0.3, -0.25) is 13.8 Å². The van der Waals surface area contributed by atoms with Gasteiger partial charge in [-0.2, -0.15) is 0 Å². The van der Waals surface area contributed by atoms with E-state index in [4.69, 9.17) is 37.4 Å². The summed E-state index contributed by atoms with van der Waals surface area (Å²) in [6, 6.07) is 30.5. The van der Waals surface area contributed by atoms with E-state index >= 15 is 4.79 Å². The first-order chi connectivity index (χ1) is 27.5. The maximum Gasteiger partial charge on any atom is 0.255 e. The minimum atomic E-state index is -1.11. The van der Waals surface area contributed by atoms with Crippen LogP contribution in [0.1, 0.15) is 56.7 Å². The van der Waals surface area contributed by atoms with Crippen LogP contribution in [0.4, 0.5) is 0 Å². The smallest absolute Gasteiger partial charge is 0.255 e. The molecule has 5 aromatic rings. The van der Waals surface area contributed by atoms with Gasteiger partial charge in [0.25, 0.3) is 11.8 Å². The molecule has 2 atom stereocenters. The fourth-order valence-electron chi connectivity index (χ4n) is 8.71. The molecule has 0 saturated carbocycles. The fourth-order valence-corrected chi connectivity index (χ4v) is 10.9. The standard InChI is InChI=1S/C45H47Cl2N3O6S/c1-48(42(51)32-25-39(54-3)41(56-5)40(26-32)55-4)29-44(33-17-18-37(46)38(47)27-33,49(2)43(52)35-15-10-13-30-11-6-8-14-34(30)35)19-22-50-23-20-45(21-24-50)36-16-9-7-12-31(36)28-57(45)53/h6-18,25-27H,19-24,28-29H2,1-5H3. The summed E-state index contributed by atoms with van der Waals surface area (Å²) in [4.78, 5) is 35.3. The predicted molar refractivity (Wildman–Crippen MR) is 227 cm³/mol. The Hall–Kier alpha value is -4.61. The Bertz CT molecular complexity index is 2320. The van der Waals surface area contributed by atoms with Crippen LogP contribution in [0, 0.1) is 0 Å². The summed E-state index contributed by atoms with van der Waals surface area (Å²) in [5.41, 5.74) is 2.88. The van der Waals surface area contributed by atoms with E-state index in [-0.39, 0.29) is 23.1 Å². The maximum absolute atomic E-state index is 15.0. The molecule has 57 heavy (non-hydrogen) atoms. The number of likely N-dealkylation sites (N-methyl/N-ethyl adjacent to an activating group) is 2. The van der Waals surface area contributed by atoms with Crippen molar-refractivity contribution in [1.29, 1.82) is 0 Å². The van der Waals surface area contributed by atoms with Crippen LogP contribution in [-0.2, 0) is 26.8 Å². The lowest BCUT2D eigenvalue weighted by Crippen LogP contribution is -2.56. The summed E-state index contributed by atoms with van der Waals surface area (Å²) in [5.74, 6) is 1.14. The van der Waals surface area contributed by atoms with Gasteiger partial charge in [0.05, 0.1) is 41.7 Å². The molecule has 9 nitrogen and oxygen atoms in total. The van der Waals surface area contributed by atoms with Crippen LogP contribution < -0.4 is 14.2 Å². The van der Waals surface area contributed by atoms with Gasteiger partial charge in [-0.15, -0.1) is 0 Å². The summed E-state index contributed by atoms with van der Waals surface area (Å²) in [6.45, 7) is 2.16. The molecule has 0 N–H and O–H groups in total. The van der Waals surface area contributed by atoms with Gasteiger partial charge in [-0.1, -0.05) is 89.9 Å². The van der Waals surface area contributed by atoms with Crippen molar-refractivity contribution in [1.82, 2.24) is 14.7 Å². The SMILES string of the molecule is COc1cc(C(=O)N(C)CC(CCN2CCC3(CC2)c2ccccc2CS3=O)(c2ccc(Cl)c(Cl)c2)N(C)C(=O)c2cccc3ccccc23)cc(OC)c1OC. The van der Waals surface area contributed by atoms with Crippen molar-refractivity contribution in [3.63, 3.8) is 0 Å². The van der Waals surface area contributed by atoms with Crippen LogP contribution in [0.3, 0.4) is 0 Å². The first-order valence-electron chi connectivity index (χ1n) is 18.9. The van der Waals surface area contributed by atoms with Crippen molar-refractivity contribution < 1.29 is 28.0 Å². The van der Waals surface area contributed by atoms with Crippen molar-refractivity contribution in [3.8, 4) is 17.2 Å². The molecule has 2 amide bonds. The number of piperidine rings is 1. The van der Waals surface area contributed by atoms with Crippen LogP contribution in [0.25, 0.3) is 10.8 Å². The molecule has 0 radical (unpaired) electrons. The van der Waals surface area contributed by atoms with Gasteiger partial charge in [-0.05, 0) is 90.1 Å². The van der Waals surface area contributed by atoms with E-state index in [1.54, 1.807) is 48.2 Å². The second kappa shape index (κ2) is 16.7. The molecule has 5 aromatic carbocycles. The molecular formula is C45H47Cl2N3O6S. The zero-order valence-corrected chi connectivity index (χ0v) is 35.2. The molecule has 0 aliphatic carbocycles. The number of amides is 2. The number of hydrogen-bond donors (Lipinski definition) is 0. The van der Waals surface area contributed by atoms with Crippen LogP contribution >= 0.6 is 23.2 Å². The van der Waals surface area contributed by atoms with E-state index in [0.717, 1.165) is 42.3 Å². The molecule has 298 valence electrons. The summed E-state index contributed by atoms with van der Waals surface area (Å²) in [5, 5.41) is 2.49. The van der Waals surface area contributed by atoms with Crippen molar-refractivity contribution in [2.45, 2.75) is 35.3 Å². The third-order valence-electron chi connectivity index (χ3n) is 11.9. The topological polar surface area (TPSA) is 88.6 Å². The second-order valence-electron chi connectivity index (χ2n) is 14.9. The molecule has 1 saturated heterocycles. The maximum atomic E-state index is 15.0. The largest absolute Gasteiger partial charge is 0.493 e. The lowest BCUT2D eigenvalue weighted by molar-refractivity contribution is 0.0325. The average Bonchev–Trinajstić information content (AvgIpc) is 3.51. The Morgan fingerprint density at radius 2 is 1.47 bits per heavy atom. The highest BCUT2D eigenvalue weighted by Crippen LogP contribution is 2.47. The van der Waals surface area contributed by atoms with Crippen molar-refractivity contribution in [3.05, 3.63) is 135 Å². The minimum Gasteiger partial charge on any atom is -0.493 e. The van der Waals surface area contributed by atoms with E-state index in [0.29, 0.717) is 57.1 Å². The number of carbonyl (C=O) groups is 2. The number of fused-ring (bicyclic) bond motifs is 3. The monoisotopic (exact) mass is 827 g/mol. The quantitative estimate of drug-likeness (QED) is 0.125. The number of carbonyl (C=O) groups excluding carboxylic acids is 2. The van der Waals surface area contributed by atoms with Gasteiger partial charge in [0.1, 0.15) is 0 Å². The second-order valence-corrected chi connectivity index (χ2v) is 17.4. The van der Waals surface area contributed by atoms with Gasteiger partial charge in [0, 0.05) is 54.9 Å². The summed E-state index contributed by atoms with van der Waals surface area (Å²) < 4.78 is 30.0. The number of rotatable bonds is 12. The number of likely N-dealkylation sites (tertiary alicyclic amines) is 1. The van der Waals surface area contributed by atoms with Crippen LogP contribution in [0.15, 0.2) is 97.1 Å². The first kappa shape index (κ1) is 40.6. The molecule has 0 aromatic heterocycles. The molecule has 0 bridgehead atoms. The lowest BCUT2D eigenvalue weighted by Gasteiger charge is -2.47. The highest BCUT2D eigenvalue weighted by Gasteiger charge is 2.48. The Morgan fingerprint density at radius 3 is 2.16 bits per heavy atom. The van der Waals surface area contributed by atoms with E-state index in [1.807, 2.05) is 60.7 Å². The molecule has 1 fully saturated rings. The average molecular weight is 829 g/mol. The van der Waals surface area contributed by atoms with Gasteiger partial charge in [0.15, 0.2) is 11.5 Å². The molecule has 12 heteroatoms. The van der Waals surface area contributed by atoms with E-state index in [2.05, 4.69) is 17.0 Å². The van der Waals surface area contributed by atoms with E-state index < -0.39 is 16.3 Å². The zero-order valence-electron chi connectivity index (χ0n) is 32.8. The first-order valence-corrected chi connectivity index (χ1v) is 21.0. The van der Waals surface area contributed by atoms with Gasteiger partial charge in [0.2, 0.25) is 5.75 Å². The summed E-state index contributed by atoms with van der Waals surface area (Å²) >= 11 is 13.3. The predicted octanol–water partition coefficient (Wildman–Crippen LogP) is 8.56. The molecular weight excluding hydrogens is 781 g/mol. The summed E-state index contributed by atoms with van der Waals surface area (Å²) in [6.07, 6.45) is 1.97. The molecule has 2 heterocycles. The van der Waals surface area contributed by atoms with E-state index in [9.17, 15) is 9.00 Å². The Kier molecular flexibility index (Phi) is 11.9. The number of benzene rings is 5. The minimum absolute atomic E-state index is 0.0998. The lowest BCUT2D eigenvalue weighted by atomic mass is 9.82. The van der Waals surface area contributed by atoms with Crippen molar-refractivity contribution in [2.24, 2.45) is 0 Å². The van der Waals surface area contributed by atoms with Crippen molar-refractivity contribution in [2.75, 3.05) is 61.6 Å². The third-order valence-corrected chi connectivity index (χ3v) is 14.7. The number of hydrogen-bond acceptors (Lipinski definition) is 7. The van der Waals surface area contributed by atoms with Gasteiger partial charge < -0.3 is 28.9 Å². The Labute approximate surface area is 346 Å². The Balaban J connectivity index is 1.28. The normalized spacial score (nSPS) is 17.1. The number of ether oxygens (including phenoxy) is 3. The number of halogens is 2. The molecule has 2 unspecified atom stereocenters. The van der Waals surface area contributed by atoms with Crippen LogP contribution in [0.2, 0.25) is 10.0 Å².